The Balaban J connectivity index is 0.000000400. The molecule has 0 saturated carbocycles. The number of nitro benzene ring substituents is 4. The van der Waals surface area contributed by atoms with Crippen LogP contribution >= 0.6 is 0 Å². The lowest BCUT2D eigenvalue weighted by Gasteiger charge is -2.01. The van der Waals surface area contributed by atoms with Crippen molar-refractivity contribution in [1.29, 1.82) is 0 Å². The van der Waals surface area contributed by atoms with E-state index in [4.69, 9.17) is 0 Å². The van der Waals surface area contributed by atoms with Crippen molar-refractivity contribution in [1.82, 2.24) is 0 Å². The number of hydrogen-bond acceptors (Lipinski definition) is 16. The molecule has 2 N–H and O–H groups in total. The molecule has 0 bridgehead atoms. The first kappa shape index (κ1) is 31.9. The minimum Gasteiger partial charge on any atom is -0.462 e. The van der Waals surface area contributed by atoms with E-state index < -0.39 is 54.4 Å². The van der Waals surface area contributed by atoms with E-state index in [2.05, 4.69) is 30.5 Å². The topological polar surface area (TPSA) is 274 Å². The highest BCUT2D eigenvalue weighted by atomic mass is 16.6. The quantitative estimate of drug-likeness (QED) is 0.162. The summed E-state index contributed by atoms with van der Waals surface area (Å²) in [5.41, 5.74) is 2.45. The lowest BCUT2D eigenvalue weighted by molar-refractivity contribution is -0.393. The fraction of sp³-hybridized carbons (Fsp3) is 0.200. The van der Waals surface area contributed by atoms with E-state index >= 15 is 0 Å². The molecule has 0 aliphatic heterocycles. The van der Waals surface area contributed by atoms with E-state index in [1.165, 1.54) is 0 Å². The van der Waals surface area contributed by atoms with Gasteiger partial charge in [-0.15, -0.1) is 0 Å². The molecule has 0 saturated heterocycles. The second kappa shape index (κ2) is 15.9. The lowest BCUT2D eigenvalue weighted by Crippen LogP contribution is -2.06. The number of esters is 2. The van der Waals surface area contributed by atoms with Crippen LogP contribution in [0.3, 0.4) is 0 Å². The first-order valence-corrected chi connectivity index (χ1v) is 10.7. The highest BCUT2D eigenvalue weighted by molar-refractivity contribution is 6.23. The van der Waals surface area contributed by atoms with Gasteiger partial charge in [-0.2, -0.15) is 10.2 Å². The number of anilines is 2. The number of benzene rings is 2. The predicted molar refractivity (Wildman–Crippen MR) is 137 cm³/mol. The Labute approximate surface area is 222 Å². The number of hydrogen-bond donors (Lipinski definition) is 2. The van der Waals surface area contributed by atoms with E-state index in [0.29, 0.717) is 0 Å². The van der Waals surface area contributed by atoms with E-state index in [-0.39, 0.29) is 24.6 Å². The summed E-state index contributed by atoms with van der Waals surface area (Å²) in [4.78, 5) is 61.5. The van der Waals surface area contributed by atoms with Crippen molar-refractivity contribution in [2.75, 3.05) is 24.1 Å². The number of ether oxygens (including phenoxy) is 2. The fourth-order valence-electron chi connectivity index (χ4n) is 2.43. The van der Waals surface area contributed by atoms with Crippen LogP contribution in [0.2, 0.25) is 0 Å². The molecule has 0 fully saturated rings. The summed E-state index contributed by atoms with van der Waals surface area (Å²) in [5, 5.41) is 49.6. The molecule has 2 rings (SSSR count). The monoisotopic (exact) mass is 564 g/mol. The number of carbonyl (C=O) groups is 2. The molecule has 0 aromatic heterocycles. The van der Waals surface area contributed by atoms with Crippen molar-refractivity contribution in [3.05, 3.63) is 76.9 Å². The SMILES string of the molecule is CCOC(=O)/C=N\Nc1ccc([N+](=O)[O-])cc1[N+](=O)[O-].CCOC(=O)/C=N\Nc1ccc([N+](=O)[O-])cc1[N+](=O)[O-]. The van der Waals surface area contributed by atoms with Gasteiger partial charge in [0.1, 0.15) is 23.8 Å². The van der Waals surface area contributed by atoms with E-state index in [9.17, 15) is 50.0 Å². The Morgan fingerprint density at radius 1 is 0.700 bits per heavy atom. The summed E-state index contributed by atoms with van der Waals surface area (Å²) < 4.78 is 9.11. The number of nitrogens with zero attached hydrogens (tertiary/aromatic N) is 6. The molecule has 20 nitrogen and oxygen atoms in total. The van der Waals surface area contributed by atoms with Crippen LogP contribution in [0.1, 0.15) is 13.8 Å². The number of nitrogens with one attached hydrogen (secondary N) is 2. The lowest BCUT2D eigenvalue weighted by atomic mass is 10.2. The molecule has 0 unspecified atom stereocenters. The van der Waals surface area contributed by atoms with Crippen LogP contribution < -0.4 is 10.9 Å². The van der Waals surface area contributed by atoms with Gasteiger partial charge >= 0.3 is 23.3 Å². The molecule has 212 valence electrons. The summed E-state index contributed by atoms with van der Waals surface area (Å²) >= 11 is 0. The first-order chi connectivity index (χ1) is 18.9. The third-order valence-electron chi connectivity index (χ3n) is 4.06. The van der Waals surface area contributed by atoms with Gasteiger partial charge < -0.3 is 9.47 Å². The van der Waals surface area contributed by atoms with Crippen LogP contribution in [0, 0.1) is 40.5 Å². The minimum atomic E-state index is -0.796. The summed E-state index contributed by atoms with van der Waals surface area (Å²) in [5.74, 6) is -1.44. The molecule has 0 amide bonds. The van der Waals surface area contributed by atoms with Crippen molar-refractivity contribution in [2.45, 2.75) is 13.8 Å². The summed E-state index contributed by atoms with van der Waals surface area (Å²) in [6.45, 7) is 3.56. The van der Waals surface area contributed by atoms with Crippen LogP contribution in [-0.4, -0.2) is 57.3 Å². The maximum absolute atomic E-state index is 11.0. The largest absolute Gasteiger partial charge is 0.462 e. The fourth-order valence-corrected chi connectivity index (χ4v) is 2.43. The van der Waals surface area contributed by atoms with Gasteiger partial charge in [-0.25, -0.2) is 9.59 Å². The minimum absolute atomic E-state index is 0.0823. The van der Waals surface area contributed by atoms with Crippen molar-refractivity contribution in [3.8, 4) is 0 Å². The van der Waals surface area contributed by atoms with E-state index in [0.717, 1.165) is 48.8 Å². The number of hydrazone groups is 2. The van der Waals surface area contributed by atoms with Crippen LogP contribution in [0.25, 0.3) is 0 Å². The standard InChI is InChI=1S/2C10H10N4O6/c2*1-2-20-10(15)6-11-12-8-4-3-7(13(16)17)5-9(8)14(18)19/h2*3-6,12H,2H2,1H3/b2*11-6-. The number of non-ortho nitro benzene ring substituents is 2. The van der Waals surface area contributed by atoms with Gasteiger partial charge in [0.15, 0.2) is 0 Å². The predicted octanol–water partition coefficient (Wildman–Crippen LogP) is 2.93. The average molecular weight is 564 g/mol. The Hall–Kier alpha value is -6.08. The van der Waals surface area contributed by atoms with E-state index in [1.807, 2.05) is 0 Å². The zero-order valence-electron chi connectivity index (χ0n) is 20.6. The van der Waals surface area contributed by atoms with Gasteiger partial charge in [-0.1, -0.05) is 0 Å². The zero-order valence-corrected chi connectivity index (χ0v) is 20.6. The first-order valence-electron chi connectivity index (χ1n) is 10.7. The third kappa shape index (κ3) is 10.5. The maximum atomic E-state index is 11.0. The Bertz CT molecular complexity index is 1240. The molecule has 2 aromatic rings. The maximum Gasteiger partial charge on any atom is 0.351 e. The molecule has 0 atom stereocenters. The van der Waals surface area contributed by atoms with Gasteiger partial charge in [-0.05, 0) is 26.0 Å². The summed E-state index contributed by atoms with van der Waals surface area (Å²) in [6, 6.07) is 5.99. The van der Waals surface area contributed by atoms with Gasteiger partial charge in [0.05, 0.1) is 45.0 Å². The molecular weight excluding hydrogens is 544 g/mol. The molecular formula is C20H20N8O12. The normalized spacial score (nSPS) is 10.2. The zero-order chi connectivity index (χ0) is 30.2. The molecule has 40 heavy (non-hydrogen) atoms. The van der Waals surface area contributed by atoms with Crippen LogP contribution in [0.5, 0.6) is 0 Å². The van der Waals surface area contributed by atoms with Crippen molar-refractivity contribution in [2.24, 2.45) is 10.2 Å². The van der Waals surface area contributed by atoms with Crippen LogP contribution in [0.15, 0.2) is 46.6 Å². The van der Waals surface area contributed by atoms with Crippen LogP contribution in [-0.2, 0) is 19.1 Å². The highest BCUT2D eigenvalue weighted by Crippen LogP contribution is 2.29. The summed E-state index contributed by atoms with van der Waals surface area (Å²) in [6.07, 6.45) is 1.60. The number of carbonyl (C=O) groups excluding carboxylic acids is 2. The molecule has 0 aliphatic carbocycles. The number of nitro groups is 4. The van der Waals surface area contributed by atoms with Gasteiger partial charge in [0.2, 0.25) is 0 Å². The number of rotatable bonds is 12. The van der Waals surface area contributed by atoms with Gasteiger partial charge in [-0.3, -0.25) is 51.3 Å². The molecule has 0 spiro atoms. The molecule has 0 heterocycles. The van der Waals surface area contributed by atoms with Crippen molar-refractivity contribution in [3.63, 3.8) is 0 Å². The third-order valence-corrected chi connectivity index (χ3v) is 4.06. The average Bonchev–Trinajstić information content (AvgIpc) is 2.89. The molecule has 20 heteroatoms. The second-order valence-electron chi connectivity index (χ2n) is 6.68. The smallest absolute Gasteiger partial charge is 0.351 e. The molecule has 0 aliphatic rings. The van der Waals surface area contributed by atoms with E-state index in [1.54, 1.807) is 13.8 Å². The van der Waals surface area contributed by atoms with Crippen LogP contribution in [0.4, 0.5) is 34.1 Å². The Kier molecular flexibility index (Phi) is 12.7. The van der Waals surface area contributed by atoms with Gasteiger partial charge in [0.25, 0.3) is 11.4 Å². The Morgan fingerprint density at radius 2 is 1.05 bits per heavy atom. The van der Waals surface area contributed by atoms with Crippen molar-refractivity contribution < 1.29 is 38.8 Å². The Morgan fingerprint density at radius 3 is 1.32 bits per heavy atom. The highest BCUT2D eigenvalue weighted by Gasteiger charge is 2.20. The summed E-state index contributed by atoms with van der Waals surface area (Å²) in [7, 11) is 0. The van der Waals surface area contributed by atoms with Gasteiger partial charge in [0, 0.05) is 12.1 Å². The molecule has 0 radical (unpaired) electrons. The molecule has 2 aromatic carbocycles. The van der Waals surface area contributed by atoms with Crippen molar-refractivity contribution >= 4 is 58.5 Å². The second-order valence-corrected chi connectivity index (χ2v) is 6.68.